The van der Waals surface area contributed by atoms with Crippen LogP contribution >= 0.6 is 0 Å². The first-order valence-corrected chi connectivity index (χ1v) is 8.50. The van der Waals surface area contributed by atoms with Crippen LogP contribution in [-0.2, 0) is 6.42 Å². The molecule has 1 heterocycles. The molecule has 1 unspecified atom stereocenters. The lowest BCUT2D eigenvalue weighted by Gasteiger charge is -2.50. The largest absolute Gasteiger partial charge is 0.472 e. The quantitative estimate of drug-likeness (QED) is 0.830. The first-order chi connectivity index (χ1) is 10.1. The van der Waals surface area contributed by atoms with Gasteiger partial charge in [-0.05, 0) is 76.7 Å². The Balaban J connectivity index is 2.17. The number of nitrogens with zero attached hydrogens (tertiary/aromatic N) is 1. The summed E-state index contributed by atoms with van der Waals surface area (Å²) in [4.78, 5) is 2.48. The second kappa shape index (κ2) is 7.46. The van der Waals surface area contributed by atoms with Crippen molar-refractivity contribution in [3.63, 3.8) is 0 Å². The summed E-state index contributed by atoms with van der Waals surface area (Å²) in [5.74, 6) is 0.874. The summed E-state index contributed by atoms with van der Waals surface area (Å²) in [6.07, 6.45) is 11.2. The van der Waals surface area contributed by atoms with Crippen LogP contribution in [-0.4, -0.2) is 37.1 Å². The lowest BCUT2D eigenvalue weighted by Crippen LogP contribution is -2.61. The lowest BCUT2D eigenvalue weighted by molar-refractivity contribution is 0.0434. The fourth-order valence-corrected chi connectivity index (χ4v) is 3.78. The molecule has 1 aliphatic carbocycles. The Bertz CT molecular complexity index is 391. The molecule has 1 N–H and O–H groups in total. The van der Waals surface area contributed by atoms with Gasteiger partial charge >= 0.3 is 0 Å². The van der Waals surface area contributed by atoms with Crippen molar-refractivity contribution in [3.05, 3.63) is 24.2 Å². The minimum Gasteiger partial charge on any atom is -0.472 e. The first kappa shape index (κ1) is 16.6. The summed E-state index contributed by atoms with van der Waals surface area (Å²) in [6, 6.07) is 2.60. The summed E-state index contributed by atoms with van der Waals surface area (Å²) in [5, 5.41) is 3.83. The van der Waals surface area contributed by atoms with E-state index >= 15 is 0 Å². The maximum Gasteiger partial charge on any atom is 0.0935 e. The maximum absolute atomic E-state index is 5.28. The van der Waals surface area contributed by atoms with Crippen molar-refractivity contribution in [2.75, 3.05) is 20.6 Å². The Morgan fingerprint density at radius 1 is 1.38 bits per heavy atom. The number of hydrogen-bond donors (Lipinski definition) is 1. The second-order valence-corrected chi connectivity index (χ2v) is 7.02. The van der Waals surface area contributed by atoms with Crippen LogP contribution < -0.4 is 5.32 Å². The van der Waals surface area contributed by atoms with Crippen molar-refractivity contribution in [3.8, 4) is 0 Å². The van der Waals surface area contributed by atoms with E-state index in [2.05, 4.69) is 44.2 Å². The molecule has 0 amide bonds. The number of furan rings is 1. The molecule has 2 rings (SSSR count). The van der Waals surface area contributed by atoms with E-state index in [0.717, 1.165) is 18.9 Å². The van der Waals surface area contributed by atoms with Crippen LogP contribution in [0.1, 0.15) is 51.5 Å². The summed E-state index contributed by atoms with van der Waals surface area (Å²) >= 11 is 0. The normalized spacial score (nSPS) is 28.0. The highest BCUT2D eigenvalue weighted by Gasteiger charge is 2.42. The Labute approximate surface area is 130 Å². The van der Waals surface area contributed by atoms with E-state index in [9.17, 15) is 0 Å². The number of hydrogen-bond acceptors (Lipinski definition) is 3. The first-order valence-electron chi connectivity index (χ1n) is 8.50. The molecule has 0 spiro atoms. The molecule has 0 radical (unpaired) electrons. The van der Waals surface area contributed by atoms with Crippen LogP contribution in [0.3, 0.4) is 0 Å². The van der Waals surface area contributed by atoms with Gasteiger partial charge in [-0.1, -0.05) is 13.8 Å². The van der Waals surface area contributed by atoms with E-state index in [0.29, 0.717) is 6.04 Å². The van der Waals surface area contributed by atoms with Gasteiger partial charge in [0.2, 0.25) is 0 Å². The molecule has 1 aliphatic rings. The van der Waals surface area contributed by atoms with Crippen LogP contribution in [0.4, 0.5) is 0 Å². The number of rotatable bonds is 7. The minimum absolute atomic E-state index is 0.277. The molecule has 3 heteroatoms. The van der Waals surface area contributed by atoms with Gasteiger partial charge < -0.3 is 14.6 Å². The van der Waals surface area contributed by atoms with Crippen LogP contribution in [0.15, 0.2) is 23.0 Å². The molecule has 120 valence electrons. The van der Waals surface area contributed by atoms with E-state index in [-0.39, 0.29) is 5.54 Å². The van der Waals surface area contributed by atoms with E-state index in [1.54, 1.807) is 6.26 Å². The Kier molecular flexibility index (Phi) is 5.88. The predicted molar refractivity (Wildman–Crippen MR) is 88.5 cm³/mol. The molecule has 1 aromatic heterocycles. The predicted octanol–water partition coefficient (Wildman–Crippen LogP) is 3.70. The molecular weight excluding hydrogens is 260 g/mol. The molecule has 0 aromatic carbocycles. The molecule has 21 heavy (non-hydrogen) atoms. The average Bonchev–Trinajstić information content (AvgIpc) is 2.97. The topological polar surface area (TPSA) is 28.4 Å². The van der Waals surface area contributed by atoms with Gasteiger partial charge in [-0.2, -0.15) is 0 Å². The fourth-order valence-electron chi connectivity index (χ4n) is 3.78. The summed E-state index contributed by atoms with van der Waals surface area (Å²) in [6.45, 7) is 5.73. The lowest BCUT2D eigenvalue weighted by atomic mass is 9.70. The zero-order valence-corrected chi connectivity index (χ0v) is 14.2. The van der Waals surface area contributed by atoms with E-state index < -0.39 is 0 Å². The Morgan fingerprint density at radius 2 is 2.10 bits per heavy atom. The van der Waals surface area contributed by atoms with Crippen molar-refractivity contribution >= 4 is 0 Å². The zero-order valence-electron chi connectivity index (χ0n) is 14.2. The van der Waals surface area contributed by atoms with Gasteiger partial charge in [0.15, 0.2) is 0 Å². The molecular formula is C18H32N2O. The van der Waals surface area contributed by atoms with E-state index in [1.165, 1.54) is 37.7 Å². The fraction of sp³-hybridized carbons (Fsp3) is 0.778. The highest BCUT2D eigenvalue weighted by molar-refractivity contribution is 5.12. The summed E-state index contributed by atoms with van der Waals surface area (Å²) < 4.78 is 5.28. The van der Waals surface area contributed by atoms with Crippen molar-refractivity contribution in [2.24, 2.45) is 5.92 Å². The van der Waals surface area contributed by atoms with Crippen LogP contribution in [0.2, 0.25) is 0 Å². The van der Waals surface area contributed by atoms with Crippen molar-refractivity contribution < 1.29 is 4.42 Å². The summed E-state index contributed by atoms with van der Waals surface area (Å²) in [7, 11) is 4.51. The van der Waals surface area contributed by atoms with Crippen LogP contribution in [0, 0.1) is 5.92 Å². The number of likely N-dealkylation sites (N-methyl/N-ethyl adjacent to an activating group) is 1. The standard InChI is InChI=1S/C18H32N2O/c1-5-11-19-17(13-16-8-12-21-14-16)18(20(3)4)9-6-15(2)7-10-18/h8,12,14-15,17,19H,5-7,9-11,13H2,1-4H3. The average molecular weight is 292 g/mol. The highest BCUT2D eigenvalue weighted by atomic mass is 16.3. The van der Waals surface area contributed by atoms with Gasteiger partial charge in [0.1, 0.15) is 0 Å². The maximum atomic E-state index is 5.28. The third-order valence-corrected chi connectivity index (χ3v) is 5.34. The SMILES string of the molecule is CCCNC(Cc1ccoc1)C1(N(C)C)CCC(C)CC1. The second-order valence-electron chi connectivity index (χ2n) is 7.02. The van der Waals surface area contributed by atoms with Gasteiger partial charge in [-0.15, -0.1) is 0 Å². The molecule has 1 aromatic rings. The molecule has 1 fully saturated rings. The van der Waals surface area contributed by atoms with Gasteiger partial charge in [-0.3, -0.25) is 0 Å². The van der Waals surface area contributed by atoms with Crippen molar-refractivity contribution in [2.45, 2.75) is 64.0 Å². The third-order valence-electron chi connectivity index (χ3n) is 5.34. The monoisotopic (exact) mass is 292 g/mol. The Hall–Kier alpha value is -0.800. The molecule has 3 nitrogen and oxygen atoms in total. The van der Waals surface area contributed by atoms with E-state index in [1.807, 2.05) is 6.26 Å². The van der Waals surface area contributed by atoms with Gasteiger partial charge in [0.25, 0.3) is 0 Å². The van der Waals surface area contributed by atoms with Gasteiger partial charge in [-0.25, -0.2) is 0 Å². The molecule has 0 saturated heterocycles. The van der Waals surface area contributed by atoms with Crippen LogP contribution in [0.5, 0.6) is 0 Å². The van der Waals surface area contributed by atoms with Gasteiger partial charge in [0, 0.05) is 11.6 Å². The number of nitrogens with one attached hydrogen (secondary N) is 1. The zero-order chi connectivity index (χ0) is 15.3. The molecule has 0 bridgehead atoms. The molecule has 1 saturated carbocycles. The van der Waals surface area contributed by atoms with Crippen molar-refractivity contribution in [1.29, 1.82) is 0 Å². The smallest absolute Gasteiger partial charge is 0.0935 e. The highest BCUT2D eigenvalue weighted by Crippen LogP contribution is 2.38. The molecule has 1 atom stereocenters. The Morgan fingerprint density at radius 3 is 2.62 bits per heavy atom. The molecule has 0 aliphatic heterocycles. The minimum atomic E-state index is 0.277. The summed E-state index contributed by atoms with van der Waals surface area (Å²) in [5.41, 5.74) is 1.59. The third kappa shape index (κ3) is 3.89. The van der Waals surface area contributed by atoms with Crippen molar-refractivity contribution in [1.82, 2.24) is 10.2 Å². The van der Waals surface area contributed by atoms with E-state index in [4.69, 9.17) is 4.42 Å². The van der Waals surface area contributed by atoms with Crippen LogP contribution in [0.25, 0.3) is 0 Å². The van der Waals surface area contributed by atoms with Gasteiger partial charge in [0.05, 0.1) is 12.5 Å².